The lowest BCUT2D eigenvalue weighted by Gasteiger charge is -2.21. The molecule has 600 valence electrons. The third-order valence-corrected chi connectivity index (χ3v) is 28.2. The van der Waals surface area contributed by atoms with E-state index in [2.05, 4.69) is 295 Å². The number of hydrogen-bond donors (Lipinski definition) is 0. The largest absolute Gasteiger partial charge is 0.456 e. The minimum Gasteiger partial charge on any atom is -0.456 e. The molecule has 0 fully saturated rings. The highest BCUT2D eigenvalue weighted by molar-refractivity contribution is 7.25. The molecule has 0 bridgehead atoms. The maximum atomic E-state index is 6.98. The molecule has 13 heteroatoms. The second-order valence-electron chi connectivity index (χ2n) is 35.2. The third-order valence-electron chi connectivity index (χ3n) is 27.0. The lowest BCUT2D eigenvalue weighted by molar-refractivity contribution is 0.646. The highest BCUT2D eigenvalue weighted by atomic mass is 32.1. The molecule has 0 unspecified atom stereocenters. The fraction of sp³-hybridized carbons (Fsp3) is 0.0789. The van der Waals surface area contributed by atoms with Crippen LogP contribution in [0.25, 0.3) is 242 Å². The second-order valence-corrected chi connectivity index (χ2v) is 36.3. The van der Waals surface area contributed by atoms with E-state index in [0.29, 0.717) is 34.5 Å². The van der Waals surface area contributed by atoms with Gasteiger partial charge in [-0.05, 0) is 140 Å². The molecule has 0 spiro atoms. The van der Waals surface area contributed by atoms with E-state index in [1.165, 1.54) is 81.2 Å². The van der Waals surface area contributed by atoms with Gasteiger partial charge in [0.2, 0.25) is 11.4 Å². The molecule has 0 saturated heterocycles. The van der Waals surface area contributed by atoms with Crippen molar-refractivity contribution >= 4 is 152 Å². The number of benzene rings is 15. The van der Waals surface area contributed by atoms with E-state index < -0.39 is 0 Å². The Morgan fingerprint density at radius 1 is 0.252 bits per heavy atom. The van der Waals surface area contributed by atoms with Gasteiger partial charge in [-0.25, -0.2) is 19.9 Å². The lowest BCUT2D eigenvalue weighted by atomic mass is 9.82. The van der Waals surface area contributed by atoms with Crippen molar-refractivity contribution in [1.29, 1.82) is 0 Å². The maximum Gasteiger partial charge on any atom is 0.231 e. The van der Waals surface area contributed by atoms with E-state index in [4.69, 9.17) is 52.0 Å². The van der Waals surface area contributed by atoms with E-state index in [-0.39, 0.29) is 16.2 Å². The number of nitrogens with zero attached hydrogens (tertiary/aromatic N) is 7. The Balaban J connectivity index is 0.000000102. The smallest absolute Gasteiger partial charge is 0.231 e. The molecule has 0 amide bonds. The van der Waals surface area contributed by atoms with Crippen LogP contribution in [-0.4, -0.2) is 34.9 Å². The highest BCUT2D eigenvalue weighted by Crippen LogP contribution is 2.58. The first-order chi connectivity index (χ1) is 62.2. The fourth-order valence-electron chi connectivity index (χ4n) is 20.8. The third kappa shape index (κ3) is 10.8. The van der Waals surface area contributed by atoms with Gasteiger partial charge in [0, 0.05) is 131 Å². The molecule has 0 atom stereocenters. The normalized spacial score (nSPS) is 13.8. The van der Waals surface area contributed by atoms with Crippen LogP contribution < -0.4 is 0 Å². The maximum absolute atomic E-state index is 6.98. The molecule has 0 radical (unpaired) electrons. The van der Waals surface area contributed by atoms with E-state index in [0.717, 1.165) is 160 Å². The van der Waals surface area contributed by atoms with Gasteiger partial charge in [-0.15, -0.1) is 11.3 Å². The predicted octanol–water partition coefficient (Wildman–Crippen LogP) is 30.8. The van der Waals surface area contributed by atoms with E-state index in [1.807, 2.05) is 90.3 Å². The predicted molar refractivity (Wildman–Crippen MR) is 516 cm³/mol. The van der Waals surface area contributed by atoms with Crippen LogP contribution in [0, 0.1) is 0 Å². The summed E-state index contributed by atoms with van der Waals surface area (Å²) in [5, 5.41) is 13.9. The van der Waals surface area contributed by atoms with Crippen LogP contribution in [0.1, 0.15) is 74.9 Å². The molecule has 3 aliphatic carbocycles. The molecule has 12 nitrogen and oxygen atoms in total. The molecule has 28 rings (SSSR count). The Morgan fingerprint density at radius 2 is 0.732 bits per heavy atom. The van der Waals surface area contributed by atoms with Gasteiger partial charge in [-0.1, -0.05) is 284 Å². The summed E-state index contributed by atoms with van der Waals surface area (Å²) in [6.45, 7) is 13.7. The van der Waals surface area contributed by atoms with Crippen molar-refractivity contribution in [3.05, 3.63) is 367 Å². The second kappa shape index (κ2) is 27.1. The molecule has 10 aromatic heterocycles. The molecule has 0 aliphatic heterocycles. The summed E-state index contributed by atoms with van der Waals surface area (Å²) in [7, 11) is 0. The minimum atomic E-state index is -0.143. The van der Waals surface area contributed by atoms with Gasteiger partial charge in [0.1, 0.15) is 50.3 Å². The lowest BCUT2D eigenvalue weighted by Crippen LogP contribution is -2.14. The van der Waals surface area contributed by atoms with Crippen molar-refractivity contribution in [1.82, 2.24) is 34.9 Å². The Labute approximate surface area is 730 Å². The Morgan fingerprint density at radius 3 is 1.37 bits per heavy atom. The van der Waals surface area contributed by atoms with E-state index in [9.17, 15) is 0 Å². The van der Waals surface area contributed by atoms with Gasteiger partial charge < -0.3 is 22.1 Å². The molecule has 10 heterocycles. The van der Waals surface area contributed by atoms with Crippen molar-refractivity contribution in [3.8, 4) is 101 Å². The fourth-order valence-corrected chi connectivity index (χ4v) is 21.9. The highest BCUT2D eigenvalue weighted by Gasteiger charge is 2.42. The van der Waals surface area contributed by atoms with Crippen molar-refractivity contribution in [3.63, 3.8) is 0 Å². The minimum absolute atomic E-state index is 0.0940. The molecule has 0 saturated carbocycles. The van der Waals surface area contributed by atoms with Crippen molar-refractivity contribution in [2.45, 2.75) is 57.8 Å². The van der Waals surface area contributed by atoms with Gasteiger partial charge in [-0.2, -0.15) is 9.97 Å². The van der Waals surface area contributed by atoms with Crippen LogP contribution in [0.15, 0.2) is 356 Å². The standard InChI is InChI=1S/C42H25N3O2S.C37H24N2O2.C35H24N2O/c1-42(2)30-12-5-3-9-25(30)35-31(42)16-15-26-37-40(47-39(26)35)36(22-14-17-34-28(20-22)23-8-4-6-13-33(23)48-34)44-41(45-37)27-11-7-10-24-29-21-43-19-18-32(29)46-38(24)27;1-37(2)27-14-8-6-13-24(27)31-28(37)18-17-25-32-33(21-10-4-3-5-11-21)38-35(39-36(32)41-34(25)31)22-16-19-30-26(20-22)23-12-7-9-15-29(23)40-30;1-35(2)27-15-9-8-14-25(27)29-28(35)19-18-26-30-31(22-11-4-3-5-12-22)36-33(37-34(30)38-32(26)29)24-17-16-21-10-6-7-13-23(21)20-24/h3-21H,1-2H3;3-20H,1-2H3;3-20H,1-2H3. The summed E-state index contributed by atoms with van der Waals surface area (Å²) in [4.78, 5) is 35.4. The van der Waals surface area contributed by atoms with Crippen LogP contribution >= 0.6 is 11.3 Å². The van der Waals surface area contributed by atoms with Gasteiger partial charge in [-0.3, -0.25) is 4.98 Å². The van der Waals surface area contributed by atoms with E-state index in [1.54, 1.807) is 6.20 Å². The van der Waals surface area contributed by atoms with Crippen molar-refractivity contribution in [2.75, 3.05) is 0 Å². The number of aromatic nitrogens is 7. The molecule has 15 aromatic carbocycles. The first-order valence-electron chi connectivity index (χ1n) is 43.0. The molecular weight excluding hydrogens is 1580 g/mol. The van der Waals surface area contributed by atoms with Crippen LogP contribution in [0.4, 0.5) is 0 Å². The van der Waals surface area contributed by atoms with Gasteiger partial charge in [0.05, 0.1) is 27.7 Å². The number of rotatable bonds is 6. The number of hydrogen-bond acceptors (Lipinski definition) is 13. The summed E-state index contributed by atoms with van der Waals surface area (Å²) in [5.74, 6) is 1.88. The van der Waals surface area contributed by atoms with Gasteiger partial charge in [0.25, 0.3) is 0 Å². The quantitative estimate of drug-likeness (QED) is 0.155. The SMILES string of the molecule is CC1(C)c2ccccc2-c2c1ccc1c2oc2c(-c3ccc4sc5ccccc5c4c3)nc(-c3cccc4c3oc3ccncc34)nc21.CC1(C)c2ccccc2-c2c1ccc1c2oc2nc(-c3ccc4ccccc4c3)nc(-c3ccccc3)c21.CC1(C)c2ccccc2-c2c1ccc1c2oc2nc(-c3ccc4oc5ccccc5c4c3)nc(-c3ccccc3)c21. The van der Waals surface area contributed by atoms with E-state index >= 15 is 0 Å². The van der Waals surface area contributed by atoms with Crippen LogP contribution in [0.5, 0.6) is 0 Å². The summed E-state index contributed by atoms with van der Waals surface area (Å²) >= 11 is 1.81. The monoisotopic (exact) mass is 1650 g/mol. The average molecular weight is 1650 g/mol. The zero-order valence-corrected chi connectivity index (χ0v) is 70.7. The summed E-state index contributed by atoms with van der Waals surface area (Å²) in [6.07, 6.45) is 3.61. The van der Waals surface area contributed by atoms with Crippen molar-refractivity contribution < 1.29 is 22.1 Å². The molecule has 3 aliphatic rings. The Kier molecular flexibility index (Phi) is 15.5. The Bertz CT molecular complexity index is 9030. The molecular formula is C114H73N7O5S. The summed E-state index contributed by atoms with van der Waals surface area (Å²) in [6, 6.07) is 112. The number of fused-ring (bicyclic) bond motifs is 31. The zero-order chi connectivity index (χ0) is 84.5. The number of pyridine rings is 1. The number of thiophene rings is 1. The molecule has 127 heavy (non-hydrogen) atoms. The molecule has 25 aromatic rings. The van der Waals surface area contributed by atoms with Gasteiger partial charge in [0.15, 0.2) is 23.1 Å². The summed E-state index contributed by atoms with van der Waals surface area (Å²) < 4.78 is 35.5. The van der Waals surface area contributed by atoms with Gasteiger partial charge >= 0.3 is 0 Å². The Hall–Kier alpha value is -15.8. The van der Waals surface area contributed by atoms with Crippen LogP contribution in [-0.2, 0) is 16.2 Å². The zero-order valence-electron chi connectivity index (χ0n) is 69.8. The first-order valence-corrected chi connectivity index (χ1v) is 43.9. The number of furan rings is 5. The summed E-state index contributed by atoms with van der Waals surface area (Å²) in [5.41, 5.74) is 31.4. The topological polar surface area (TPSA) is 156 Å². The number of para-hydroxylation sites is 2. The van der Waals surface area contributed by atoms with Crippen LogP contribution in [0.2, 0.25) is 0 Å². The first kappa shape index (κ1) is 72.8. The van der Waals surface area contributed by atoms with Crippen molar-refractivity contribution in [2.24, 2.45) is 0 Å². The molecule has 0 N–H and O–H groups in total. The van der Waals surface area contributed by atoms with Crippen LogP contribution in [0.3, 0.4) is 0 Å². The average Bonchev–Trinajstić information content (AvgIpc) is 1.55.